The number of ether oxygens (including phenoxy) is 1. The number of methoxy groups -OCH3 is 1. The van der Waals surface area contributed by atoms with Gasteiger partial charge in [0.2, 0.25) is 0 Å². The van der Waals surface area contributed by atoms with E-state index in [0.29, 0.717) is 23.7 Å². The first kappa shape index (κ1) is 17.5. The highest BCUT2D eigenvalue weighted by Gasteiger charge is 2.14. The van der Waals surface area contributed by atoms with E-state index in [1.54, 1.807) is 36.3 Å². The molecule has 0 atom stereocenters. The summed E-state index contributed by atoms with van der Waals surface area (Å²) in [5, 5.41) is 12.9. The molecule has 0 saturated heterocycles. The van der Waals surface area contributed by atoms with Gasteiger partial charge < -0.3 is 10.1 Å². The Balaban J connectivity index is 1.66. The van der Waals surface area contributed by atoms with Gasteiger partial charge in [0.1, 0.15) is 16.5 Å². The molecule has 0 bridgehead atoms. The fourth-order valence-electron chi connectivity index (χ4n) is 2.32. The summed E-state index contributed by atoms with van der Waals surface area (Å²) in [5.74, 6) is 1.39. The maximum absolute atomic E-state index is 12.3. The average Bonchev–Trinajstić information content (AvgIpc) is 3.29. The predicted octanol–water partition coefficient (Wildman–Crippen LogP) is 3.33. The van der Waals surface area contributed by atoms with Crippen LogP contribution in [0.4, 0.5) is 0 Å². The molecule has 2 heterocycles. The number of hydrogen-bond acceptors (Lipinski definition) is 6. The van der Waals surface area contributed by atoms with Crippen LogP contribution in [-0.4, -0.2) is 34.5 Å². The maximum Gasteiger partial charge on any atom is 0.269 e. The predicted molar refractivity (Wildman–Crippen MR) is 101 cm³/mol. The quantitative estimate of drug-likeness (QED) is 0.663. The van der Waals surface area contributed by atoms with Crippen molar-refractivity contribution in [2.45, 2.75) is 12.3 Å². The average molecular weight is 374 g/mol. The Morgan fingerprint density at radius 1 is 1.40 bits per heavy atom. The van der Waals surface area contributed by atoms with Crippen LogP contribution in [0.1, 0.15) is 21.2 Å². The zero-order valence-corrected chi connectivity index (χ0v) is 15.5. The van der Waals surface area contributed by atoms with E-state index < -0.39 is 0 Å². The summed E-state index contributed by atoms with van der Waals surface area (Å²) in [6.07, 6.45) is 2.04. The number of aromatic amines is 1. The third kappa shape index (κ3) is 4.21. The fraction of sp³-hybridized carbons (Fsp3) is 0.235. The standard InChI is InChI=1S/C17H18N4O2S2/c1-23-15-6-4-3-5-12(15)13-7-14(21-20-13)17(22)18-8-11-9-25-16(19-11)10-24-2/h3-7,9H,8,10H2,1-2H3,(H,18,22)(H,20,21). The number of nitrogens with zero attached hydrogens (tertiary/aromatic N) is 2. The smallest absolute Gasteiger partial charge is 0.269 e. The molecule has 0 saturated carbocycles. The Morgan fingerprint density at radius 2 is 2.24 bits per heavy atom. The van der Waals surface area contributed by atoms with Crippen LogP contribution in [0, 0.1) is 0 Å². The van der Waals surface area contributed by atoms with Crippen LogP contribution in [-0.2, 0) is 12.3 Å². The van der Waals surface area contributed by atoms with Gasteiger partial charge in [0, 0.05) is 16.7 Å². The second kappa shape index (κ2) is 8.17. The lowest BCUT2D eigenvalue weighted by molar-refractivity contribution is 0.0945. The van der Waals surface area contributed by atoms with Gasteiger partial charge in [-0.05, 0) is 24.5 Å². The molecule has 25 heavy (non-hydrogen) atoms. The molecule has 1 aromatic carbocycles. The first-order valence-electron chi connectivity index (χ1n) is 7.60. The third-order valence-electron chi connectivity index (χ3n) is 3.50. The summed E-state index contributed by atoms with van der Waals surface area (Å²) < 4.78 is 5.33. The summed E-state index contributed by atoms with van der Waals surface area (Å²) in [4.78, 5) is 16.8. The highest BCUT2D eigenvalue weighted by molar-refractivity contribution is 7.97. The van der Waals surface area contributed by atoms with Crippen molar-refractivity contribution in [2.24, 2.45) is 0 Å². The molecule has 1 amide bonds. The summed E-state index contributed by atoms with van der Waals surface area (Å²) in [6.45, 7) is 0.396. The number of thioether (sulfide) groups is 1. The van der Waals surface area contributed by atoms with Gasteiger partial charge in [-0.15, -0.1) is 11.3 Å². The largest absolute Gasteiger partial charge is 0.496 e. The molecule has 0 radical (unpaired) electrons. The lowest BCUT2D eigenvalue weighted by Gasteiger charge is -2.04. The zero-order chi connectivity index (χ0) is 17.6. The molecule has 6 nitrogen and oxygen atoms in total. The zero-order valence-electron chi connectivity index (χ0n) is 13.9. The van der Waals surface area contributed by atoms with Gasteiger partial charge in [0.25, 0.3) is 5.91 Å². The lowest BCUT2D eigenvalue weighted by atomic mass is 10.1. The van der Waals surface area contributed by atoms with Gasteiger partial charge in [-0.2, -0.15) is 16.9 Å². The number of amides is 1. The topological polar surface area (TPSA) is 79.9 Å². The molecule has 3 rings (SSSR count). The first-order chi connectivity index (χ1) is 12.2. The monoisotopic (exact) mass is 374 g/mol. The van der Waals surface area contributed by atoms with Gasteiger partial charge >= 0.3 is 0 Å². The van der Waals surface area contributed by atoms with Crippen molar-refractivity contribution in [2.75, 3.05) is 13.4 Å². The summed E-state index contributed by atoms with van der Waals surface area (Å²) in [5.41, 5.74) is 2.77. The number of aromatic nitrogens is 3. The van der Waals surface area contributed by atoms with Crippen molar-refractivity contribution < 1.29 is 9.53 Å². The molecular weight excluding hydrogens is 356 g/mol. The lowest BCUT2D eigenvalue weighted by Crippen LogP contribution is -2.23. The second-order valence-electron chi connectivity index (χ2n) is 5.22. The van der Waals surface area contributed by atoms with Crippen LogP contribution in [0.15, 0.2) is 35.7 Å². The normalized spacial score (nSPS) is 10.6. The molecule has 8 heteroatoms. The number of hydrogen-bond donors (Lipinski definition) is 2. The van der Waals surface area contributed by atoms with Crippen molar-refractivity contribution in [1.82, 2.24) is 20.5 Å². The molecule has 130 valence electrons. The van der Waals surface area contributed by atoms with Crippen LogP contribution in [0.3, 0.4) is 0 Å². The van der Waals surface area contributed by atoms with Crippen LogP contribution >= 0.6 is 23.1 Å². The minimum atomic E-state index is -0.215. The molecule has 0 spiro atoms. The van der Waals surface area contributed by atoms with Crippen LogP contribution in [0.5, 0.6) is 5.75 Å². The third-order valence-corrected chi connectivity index (χ3v) is 5.15. The van der Waals surface area contributed by atoms with Gasteiger partial charge in [-0.3, -0.25) is 9.89 Å². The van der Waals surface area contributed by atoms with E-state index in [0.717, 1.165) is 22.0 Å². The number of benzene rings is 1. The molecule has 0 unspecified atom stereocenters. The van der Waals surface area contributed by atoms with E-state index >= 15 is 0 Å². The molecular formula is C17H18N4O2S2. The van der Waals surface area contributed by atoms with Crippen LogP contribution in [0.2, 0.25) is 0 Å². The number of para-hydroxylation sites is 1. The van der Waals surface area contributed by atoms with E-state index in [4.69, 9.17) is 4.74 Å². The Morgan fingerprint density at radius 3 is 3.04 bits per heavy atom. The molecule has 0 aliphatic rings. The number of carbonyl (C=O) groups is 1. The van der Waals surface area contributed by atoms with E-state index in [2.05, 4.69) is 20.5 Å². The summed E-state index contributed by atoms with van der Waals surface area (Å²) >= 11 is 3.34. The molecule has 3 aromatic rings. The van der Waals surface area contributed by atoms with Gasteiger partial charge in [0.05, 0.1) is 25.0 Å². The Hall–Kier alpha value is -2.32. The van der Waals surface area contributed by atoms with E-state index in [1.807, 2.05) is 35.9 Å². The van der Waals surface area contributed by atoms with E-state index in [1.165, 1.54) is 0 Å². The number of nitrogens with one attached hydrogen (secondary N) is 2. The second-order valence-corrected chi connectivity index (χ2v) is 7.02. The number of rotatable bonds is 7. The van der Waals surface area contributed by atoms with Crippen molar-refractivity contribution in [3.8, 4) is 17.0 Å². The SMILES string of the molecule is COc1ccccc1-c1cc(C(=O)NCc2csc(CSC)n2)[nH]n1. The molecule has 0 fully saturated rings. The fourth-order valence-corrected chi connectivity index (χ4v) is 3.83. The Kier molecular flexibility index (Phi) is 5.72. The number of H-pyrrole nitrogens is 1. The highest BCUT2D eigenvalue weighted by atomic mass is 32.2. The molecule has 2 aromatic heterocycles. The van der Waals surface area contributed by atoms with E-state index in [-0.39, 0.29) is 5.91 Å². The minimum Gasteiger partial charge on any atom is -0.496 e. The number of carbonyl (C=O) groups excluding carboxylic acids is 1. The van der Waals surface area contributed by atoms with Crippen molar-refractivity contribution in [3.05, 3.63) is 52.1 Å². The van der Waals surface area contributed by atoms with Gasteiger partial charge in [0.15, 0.2) is 0 Å². The van der Waals surface area contributed by atoms with Gasteiger partial charge in [-0.1, -0.05) is 12.1 Å². The highest BCUT2D eigenvalue weighted by Crippen LogP contribution is 2.28. The first-order valence-corrected chi connectivity index (χ1v) is 9.88. The Labute approximate surface area is 154 Å². The maximum atomic E-state index is 12.3. The number of thiazole rings is 1. The Bertz CT molecular complexity index is 860. The minimum absolute atomic E-state index is 0.215. The summed E-state index contributed by atoms with van der Waals surface area (Å²) in [7, 11) is 1.61. The van der Waals surface area contributed by atoms with Crippen molar-refractivity contribution >= 4 is 29.0 Å². The molecule has 0 aliphatic carbocycles. The van der Waals surface area contributed by atoms with Crippen molar-refractivity contribution in [1.29, 1.82) is 0 Å². The van der Waals surface area contributed by atoms with Gasteiger partial charge in [-0.25, -0.2) is 4.98 Å². The van der Waals surface area contributed by atoms with Crippen LogP contribution in [0.25, 0.3) is 11.3 Å². The van der Waals surface area contributed by atoms with Crippen molar-refractivity contribution in [3.63, 3.8) is 0 Å². The molecule has 2 N–H and O–H groups in total. The molecule has 0 aliphatic heterocycles. The summed E-state index contributed by atoms with van der Waals surface area (Å²) in [6, 6.07) is 9.27. The van der Waals surface area contributed by atoms with E-state index in [9.17, 15) is 4.79 Å². The van der Waals surface area contributed by atoms with Crippen LogP contribution < -0.4 is 10.1 Å².